The van der Waals surface area contributed by atoms with Gasteiger partial charge in [0.15, 0.2) is 0 Å². The first-order valence-electron chi connectivity index (χ1n) is 5.78. The summed E-state index contributed by atoms with van der Waals surface area (Å²) in [5.74, 6) is 0. The molecule has 0 saturated heterocycles. The number of hydrogen-bond donors (Lipinski definition) is 2. The number of anilines is 3. The van der Waals surface area contributed by atoms with Crippen LogP contribution in [0, 0.1) is 20.8 Å². The Morgan fingerprint density at radius 2 is 1.41 bits per heavy atom. The van der Waals surface area contributed by atoms with Crippen molar-refractivity contribution in [2.75, 3.05) is 11.1 Å². The van der Waals surface area contributed by atoms with E-state index in [0.717, 1.165) is 22.6 Å². The Kier molecular flexibility index (Phi) is 3.05. The normalized spacial score (nSPS) is 10.3. The second kappa shape index (κ2) is 4.50. The van der Waals surface area contributed by atoms with Gasteiger partial charge in [0, 0.05) is 5.69 Å². The van der Waals surface area contributed by atoms with Crippen molar-refractivity contribution in [1.82, 2.24) is 0 Å². The van der Waals surface area contributed by atoms with Crippen LogP contribution in [0.2, 0.25) is 0 Å². The highest BCUT2D eigenvalue weighted by Crippen LogP contribution is 2.28. The number of rotatable bonds is 2. The predicted octanol–water partition coefficient (Wildman–Crippen LogP) is 3.94. The zero-order valence-electron chi connectivity index (χ0n) is 10.5. The first kappa shape index (κ1) is 11.5. The summed E-state index contributed by atoms with van der Waals surface area (Å²) in [4.78, 5) is 0. The zero-order chi connectivity index (χ0) is 12.4. The third-order valence-corrected chi connectivity index (χ3v) is 3.20. The van der Waals surface area contributed by atoms with E-state index in [0.29, 0.717) is 0 Å². The molecule has 0 saturated carbocycles. The number of benzene rings is 2. The molecule has 17 heavy (non-hydrogen) atoms. The molecule has 0 aromatic heterocycles. The van der Waals surface area contributed by atoms with Gasteiger partial charge >= 0.3 is 0 Å². The van der Waals surface area contributed by atoms with E-state index in [-0.39, 0.29) is 0 Å². The molecule has 0 bridgehead atoms. The third kappa shape index (κ3) is 2.26. The summed E-state index contributed by atoms with van der Waals surface area (Å²) in [5.41, 5.74) is 12.6. The van der Waals surface area contributed by atoms with E-state index in [1.54, 1.807) is 0 Å². The van der Waals surface area contributed by atoms with Gasteiger partial charge in [-0.3, -0.25) is 0 Å². The molecule has 0 heterocycles. The fourth-order valence-corrected chi connectivity index (χ4v) is 1.82. The van der Waals surface area contributed by atoms with Crippen molar-refractivity contribution in [3.05, 3.63) is 53.1 Å². The van der Waals surface area contributed by atoms with Gasteiger partial charge in [0.05, 0.1) is 11.4 Å². The topological polar surface area (TPSA) is 38.0 Å². The number of nitrogen functional groups attached to an aromatic ring is 1. The number of aryl methyl sites for hydroxylation is 2. The molecular weight excluding hydrogens is 208 g/mol. The van der Waals surface area contributed by atoms with Crippen LogP contribution in [0.25, 0.3) is 0 Å². The van der Waals surface area contributed by atoms with Crippen molar-refractivity contribution >= 4 is 17.1 Å². The van der Waals surface area contributed by atoms with Gasteiger partial charge in [-0.1, -0.05) is 24.3 Å². The highest BCUT2D eigenvalue weighted by molar-refractivity contribution is 5.76. The van der Waals surface area contributed by atoms with Crippen LogP contribution in [0.5, 0.6) is 0 Å². The lowest BCUT2D eigenvalue weighted by Crippen LogP contribution is -2.00. The monoisotopic (exact) mass is 226 g/mol. The molecule has 2 rings (SSSR count). The van der Waals surface area contributed by atoms with Gasteiger partial charge < -0.3 is 11.1 Å². The van der Waals surface area contributed by atoms with Gasteiger partial charge in [0.25, 0.3) is 0 Å². The van der Waals surface area contributed by atoms with E-state index in [1.807, 2.05) is 25.1 Å². The summed E-state index contributed by atoms with van der Waals surface area (Å²) in [5, 5.41) is 3.40. The fraction of sp³-hybridized carbons (Fsp3) is 0.200. The number of nitrogens with two attached hydrogens (primary N) is 1. The summed E-state index contributed by atoms with van der Waals surface area (Å²) in [6.45, 7) is 6.24. The zero-order valence-corrected chi connectivity index (χ0v) is 10.5. The maximum atomic E-state index is 6.06. The maximum absolute atomic E-state index is 6.06. The van der Waals surface area contributed by atoms with Crippen LogP contribution >= 0.6 is 0 Å². The van der Waals surface area contributed by atoms with Gasteiger partial charge in [0.2, 0.25) is 0 Å². The first-order valence-corrected chi connectivity index (χ1v) is 5.78. The second-order valence-corrected chi connectivity index (χ2v) is 4.41. The van der Waals surface area contributed by atoms with E-state index < -0.39 is 0 Å². The lowest BCUT2D eigenvalue weighted by atomic mass is 10.1. The Bertz CT molecular complexity index is 495. The first-order chi connectivity index (χ1) is 8.09. The Labute approximate surface area is 102 Å². The molecule has 0 atom stereocenters. The van der Waals surface area contributed by atoms with Gasteiger partial charge in [-0.05, 0) is 49.6 Å². The molecule has 0 aliphatic heterocycles. The summed E-state index contributed by atoms with van der Waals surface area (Å²) in [6.07, 6.45) is 0. The fourth-order valence-electron chi connectivity index (χ4n) is 1.82. The molecule has 0 unspecified atom stereocenters. The van der Waals surface area contributed by atoms with Crippen molar-refractivity contribution in [3.8, 4) is 0 Å². The molecule has 2 aromatic carbocycles. The summed E-state index contributed by atoms with van der Waals surface area (Å²) in [7, 11) is 0. The molecule has 0 amide bonds. The lowest BCUT2D eigenvalue weighted by molar-refractivity contribution is 1.33. The average molecular weight is 226 g/mol. The summed E-state index contributed by atoms with van der Waals surface area (Å²) in [6, 6.07) is 12.3. The highest BCUT2D eigenvalue weighted by Gasteiger charge is 2.04. The van der Waals surface area contributed by atoms with E-state index in [1.165, 1.54) is 11.1 Å². The number of hydrogen-bond acceptors (Lipinski definition) is 2. The average Bonchev–Trinajstić information content (AvgIpc) is 2.31. The van der Waals surface area contributed by atoms with E-state index in [9.17, 15) is 0 Å². The Hall–Kier alpha value is -1.96. The standard InChI is InChI=1S/C15H18N2/c1-10-6-4-8-13(12(10)3)17-14-9-5-7-11(2)15(14)16/h4-9,17H,16H2,1-3H3. The van der Waals surface area contributed by atoms with Crippen molar-refractivity contribution < 1.29 is 0 Å². The minimum Gasteiger partial charge on any atom is -0.397 e. The molecule has 3 N–H and O–H groups in total. The van der Waals surface area contributed by atoms with Crippen molar-refractivity contribution in [2.45, 2.75) is 20.8 Å². The largest absolute Gasteiger partial charge is 0.397 e. The van der Waals surface area contributed by atoms with Crippen LogP contribution in [-0.2, 0) is 0 Å². The Morgan fingerprint density at radius 3 is 2.12 bits per heavy atom. The van der Waals surface area contributed by atoms with Crippen LogP contribution in [0.3, 0.4) is 0 Å². The van der Waals surface area contributed by atoms with E-state index in [4.69, 9.17) is 5.73 Å². The summed E-state index contributed by atoms with van der Waals surface area (Å²) >= 11 is 0. The molecule has 2 aromatic rings. The van der Waals surface area contributed by atoms with Crippen LogP contribution < -0.4 is 11.1 Å². The quantitative estimate of drug-likeness (QED) is 0.761. The molecule has 0 aliphatic rings. The Balaban J connectivity index is 2.38. The third-order valence-electron chi connectivity index (χ3n) is 3.20. The molecule has 0 aliphatic carbocycles. The second-order valence-electron chi connectivity index (χ2n) is 4.41. The van der Waals surface area contributed by atoms with Gasteiger partial charge in [-0.2, -0.15) is 0 Å². The minimum absolute atomic E-state index is 0.813. The highest BCUT2D eigenvalue weighted by atomic mass is 14.9. The maximum Gasteiger partial charge on any atom is 0.0620 e. The molecule has 0 radical (unpaired) electrons. The van der Waals surface area contributed by atoms with Gasteiger partial charge in [-0.25, -0.2) is 0 Å². The van der Waals surface area contributed by atoms with Crippen LogP contribution in [-0.4, -0.2) is 0 Å². The smallest absolute Gasteiger partial charge is 0.0620 e. The van der Waals surface area contributed by atoms with Gasteiger partial charge in [-0.15, -0.1) is 0 Å². The van der Waals surface area contributed by atoms with Crippen LogP contribution in [0.15, 0.2) is 36.4 Å². The molecule has 2 nitrogen and oxygen atoms in total. The van der Waals surface area contributed by atoms with E-state index in [2.05, 4.69) is 37.4 Å². The minimum atomic E-state index is 0.813. The van der Waals surface area contributed by atoms with Crippen molar-refractivity contribution in [3.63, 3.8) is 0 Å². The number of para-hydroxylation sites is 1. The Morgan fingerprint density at radius 1 is 0.824 bits per heavy atom. The molecule has 0 fully saturated rings. The molecular formula is C15H18N2. The predicted molar refractivity (Wildman–Crippen MR) is 74.8 cm³/mol. The van der Waals surface area contributed by atoms with Crippen LogP contribution in [0.4, 0.5) is 17.1 Å². The molecule has 88 valence electrons. The molecule has 0 spiro atoms. The summed E-state index contributed by atoms with van der Waals surface area (Å²) < 4.78 is 0. The lowest BCUT2D eigenvalue weighted by Gasteiger charge is -2.14. The SMILES string of the molecule is Cc1cccc(Nc2cccc(C)c2N)c1C. The molecule has 2 heteroatoms. The number of nitrogens with one attached hydrogen (secondary N) is 1. The van der Waals surface area contributed by atoms with Gasteiger partial charge in [0.1, 0.15) is 0 Å². The van der Waals surface area contributed by atoms with Crippen molar-refractivity contribution in [1.29, 1.82) is 0 Å². The van der Waals surface area contributed by atoms with Crippen molar-refractivity contribution in [2.24, 2.45) is 0 Å². The van der Waals surface area contributed by atoms with Crippen LogP contribution in [0.1, 0.15) is 16.7 Å². The van der Waals surface area contributed by atoms with E-state index >= 15 is 0 Å².